The first-order valence-corrected chi connectivity index (χ1v) is 5.36. The molecule has 1 rings (SSSR count). The van der Waals surface area contributed by atoms with E-state index in [1.807, 2.05) is 0 Å². The third-order valence-corrected chi connectivity index (χ3v) is 1.95. The summed E-state index contributed by atoms with van der Waals surface area (Å²) in [6, 6.07) is 2.38. The van der Waals surface area contributed by atoms with E-state index in [0.717, 1.165) is 6.07 Å². The van der Waals surface area contributed by atoms with Crippen molar-refractivity contribution in [3.63, 3.8) is 0 Å². The van der Waals surface area contributed by atoms with E-state index in [2.05, 4.69) is 5.32 Å². The molecule has 0 aromatic heterocycles. The molecule has 0 aliphatic heterocycles. The molecule has 5 nitrogen and oxygen atoms in total. The second kappa shape index (κ2) is 5.12. The fourth-order valence-corrected chi connectivity index (χ4v) is 1.25. The Kier molecular flexibility index (Phi) is 4.00. The van der Waals surface area contributed by atoms with Crippen molar-refractivity contribution in [3.8, 4) is 5.75 Å². The maximum absolute atomic E-state index is 13.2. The normalized spacial score (nSPS) is 10.9. The van der Waals surface area contributed by atoms with Gasteiger partial charge in [-0.2, -0.15) is 0 Å². The minimum absolute atomic E-state index is 0.0816. The van der Waals surface area contributed by atoms with E-state index in [1.54, 1.807) is 20.8 Å². The van der Waals surface area contributed by atoms with Gasteiger partial charge in [0.1, 0.15) is 17.2 Å². The van der Waals surface area contributed by atoms with Crippen LogP contribution in [0.4, 0.5) is 20.6 Å². The summed E-state index contributed by atoms with van der Waals surface area (Å²) in [4.78, 5) is 11.6. The van der Waals surface area contributed by atoms with Crippen molar-refractivity contribution in [2.75, 3.05) is 18.2 Å². The van der Waals surface area contributed by atoms with Crippen LogP contribution in [0.3, 0.4) is 0 Å². The van der Waals surface area contributed by atoms with E-state index in [1.165, 1.54) is 13.2 Å². The van der Waals surface area contributed by atoms with Crippen LogP contribution in [0.15, 0.2) is 12.1 Å². The minimum atomic E-state index is -0.660. The summed E-state index contributed by atoms with van der Waals surface area (Å²) in [5.74, 6) is -0.436. The molecule has 3 N–H and O–H groups in total. The van der Waals surface area contributed by atoms with E-state index < -0.39 is 17.5 Å². The van der Waals surface area contributed by atoms with E-state index in [0.29, 0.717) is 0 Å². The summed E-state index contributed by atoms with van der Waals surface area (Å²) in [7, 11) is 1.37. The second-order valence-electron chi connectivity index (χ2n) is 4.70. The number of amides is 1. The Labute approximate surface area is 105 Å². The van der Waals surface area contributed by atoms with Crippen LogP contribution >= 0.6 is 0 Å². The van der Waals surface area contributed by atoms with E-state index in [-0.39, 0.29) is 17.1 Å². The highest BCUT2D eigenvalue weighted by atomic mass is 19.1. The van der Waals surface area contributed by atoms with Gasteiger partial charge in [0.05, 0.1) is 18.5 Å². The van der Waals surface area contributed by atoms with Crippen molar-refractivity contribution < 1.29 is 18.7 Å². The van der Waals surface area contributed by atoms with Gasteiger partial charge in [-0.15, -0.1) is 0 Å². The molecule has 0 radical (unpaired) electrons. The molecule has 0 unspecified atom stereocenters. The largest absolute Gasteiger partial charge is 0.494 e. The molecular formula is C12H17FN2O3. The van der Waals surface area contributed by atoms with Crippen LogP contribution in [0.5, 0.6) is 5.75 Å². The molecule has 0 aliphatic carbocycles. The lowest BCUT2D eigenvalue weighted by molar-refractivity contribution is 0.0635. The van der Waals surface area contributed by atoms with Gasteiger partial charge in [-0.3, -0.25) is 5.32 Å². The third kappa shape index (κ3) is 3.80. The summed E-state index contributed by atoms with van der Waals surface area (Å²) in [6.07, 6.45) is -0.660. The summed E-state index contributed by atoms with van der Waals surface area (Å²) >= 11 is 0. The monoisotopic (exact) mass is 256 g/mol. The van der Waals surface area contributed by atoms with Gasteiger partial charge in [0.2, 0.25) is 0 Å². The second-order valence-corrected chi connectivity index (χ2v) is 4.70. The quantitative estimate of drug-likeness (QED) is 0.798. The SMILES string of the molecule is COc1cc(F)c(N)cc1NC(=O)OC(C)(C)C. The number of hydrogen-bond donors (Lipinski definition) is 2. The number of anilines is 2. The van der Waals surface area contributed by atoms with Crippen molar-refractivity contribution in [2.45, 2.75) is 26.4 Å². The fourth-order valence-electron chi connectivity index (χ4n) is 1.25. The first-order valence-electron chi connectivity index (χ1n) is 5.36. The molecular weight excluding hydrogens is 239 g/mol. The van der Waals surface area contributed by atoms with Gasteiger partial charge in [-0.25, -0.2) is 9.18 Å². The van der Waals surface area contributed by atoms with Crippen LogP contribution in [-0.2, 0) is 4.74 Å². The number of nitrogens with two attached hydrogens (primary N) is 1. The van der Waals surface area contributed by atoms with Crippen LogP contribution in [-0.4, -0.2) is 18.8 Å². The zero-order valence-electron chi connectivity index (χ0n) is 10.8. The summed E-state index contributed by atoms with van der Waals surface area (Å²) < 4.78 is 23.2. The molecule has 0 heterocycles. The number of nitrogens with one attached hydrogen (secondary N) is 1. The highest BCUT2D eigenvalue weighted by Gasteiger charge is 2.18. The standard InChI is InChI=1S/C12H17FN2O3/c1-12(2,3)18-11(16)15-9-6-8(14)7(13)5-10(9)17-4/h5-6H,14H2,1-4H3,(H,15,16). The number of hydrogen-bond acceptors (Lipinski definition) is 4. The number of nitrogen functional groups attached to an aromatic ring is 1. The summed E-state index contributed by atoms with van der Waals surface area (Å²) in [5.41, 5.74) is 4.98. The first-order chi connectivity index (χ1) is 8.23. The molecule has 100 valence electrons. The Hall–Kier alpha value is -1.98. The van der Waals surface area contributed by atoms with Gasteiger partial charge in [-0.05, 0) is 26.8 Å². The Morgan fingerprint density at radius 1 is 1.39 bits per heavy atom. The van der Waals surface area contributed by atoms with Gasteiger partial charge in [0, 0.05) is 6.07 Å². The van der Waals surface area contributed by atoms with Crippen molar-refractivity contribution in [1.82, 2.24) is 0 Å². The number of halogens is 1. The molecule has 0 saturated carbocycles. The van der Waals surface area contributed by atoms with Crippen molar-refractivity contribution >= 4 is 17.5 Å². The van der Waals surface area contributed by atoms with Gasteiger partial charge < -0.3 is 15.2 Å². The topological polar surface area (TPSA) is 73.6 Å². The van der Waals surface area contributed by atoms with Crippen LogP contribution in [0.1, 0.15) is 20.8 Å². The smallest absolute Gasteiger partial charge is 0.412 e. The van der Waals surface area contributed by atoms with Gasteiger partial charge >= 0.3 is 6.09 Å². The summed E-state index contributed by atoms with van der Waals surface area (Å²) in [6.45, 7) is 5.22. The molecule has 0 saturated heterocycles. The highest BCUT2D eigenvalue weighted by Crippen LogP contribution is 2.29. The zero-order chi connectivity index (χ0) is 13.9. The Balaban J connectivity index is 2.90. The van der Waals surface area contributed by atoms with Crippen LogP contribution in [0.25, 0.3) is 0 Å². The van der Waals surface area contributed by atoms with E-state index in [9.17, 15) is 9.18 Å². The van der Waals surface area contributed by atoms with E-state index in [4.69, 9.17) is 15.2 Å². The summed E-state index contributed by atoms with van der Waals surface area (Å²) in [5, 5.41) is 2.45. The van der Waals surface area contributed by atoms with Gasteiger partial charge in [0.25, 0.3) is 0 Å². The molecule has 0 spiro atoms. The molecule has 0 aliphatic rings. The number of methoxy groups -OCH3 is 1. The maximum atomic E-state index is 13.2. The maximum Gasteiger partial charge on any atom is 0.412 e. The molecule has 0 fully saturated rings. The third-order valence-electron chi connectivity index (χ3n) is 1.95. The van der Waals surface area contributed by atoms with Crippen LogP contribution in [0.2, 0.25) is 0 Å². The van der Waals surface area contributed by atoms with Crippen molar-refractivity contribution in [3.05, 3.63) is 17.9 Å². The Morgan fingerprint density at radius 2 is 2.00 bits per heavy atom. The Morgan fingerprint density at radius 3 is 2.50 bits per heavy atom. The lowest BCUT2D eigenvalue weighted by Gasteiger charge is -2.20. The predicted molar refractivity (Wildman–Crippen MR) is 67.2 cm³/mol. The zero-order valence-corrected chi connectivity index (χ0v) is 10.8. The molecule has 0 atom stereocenters. The fraction of sp³-hybridized carbons (Fsp3) is 0.417. The molecule has 18 heavy (non-hydrogen) atoms. The molecule has 1 aromatic carbocycles. The average molecular weight is 256 g/mol. The highest BCUT2D eigenvalue weighted by molar-refractivity contribution is 5.88. The minimum Gasteiger partial charge on any atom is -0.494 e. The van der Waals surface area contributed by atoms with Gasteiger partial charge in [-0.1, -0.05) is 0 Å². The molecule has 0 bridgehead atoms. The lowest BCUT2D eigenvalue weighted by Crippen LogP contribution is -2.27. The van der Waals surface area contributed by atoms with Crippen molar-refractivity contribution in [1.29, 1.82) is 0 Å². The number of rotatable bonds is 2. The van der Waals surface area contributed by atoms with Crippen LogP contribution in [0, 0.1) is 5.82 Å². The van der Waals surface area contributed by atoms with E-state index >= 15 is 0 Å². The van der Waals surface area contributed by atoms with Crippen LogP contribution < -0.4 is 15.8 Å². The lowest BCUT2D eigenvalue weighted by atomic mass is 10.2. The van der Waals surface area contributed by atoms with Crippen molar-refractivity contribution in [2.24, 2.45) is 0 Å². The average Bonchev–Trinajstić information content (AvgIpc) is 2.20. The number of carbonyl (C=O) groups is 1. The van der Waals surface area contributed by atoms with Gasteiger partial charge in [0.15, 0.2) is 0 Å². The molecule has 1 aromatic rings. The number of benzene rings is 1. The molecule has 6 heteroatoms. The Bertz CT molecular complexity index is 455. The molecule has 1 amide bonds. The number of ether oxygens (including phenoxy) is 2. The predicted octanol–water partition coefficient (Wildman–Crippen LogP) is 2.76. The first kappa shape index (κ1) is 14.1. The number of carbonyl (C=O) groups excluding carboxylic acids is 1.